The van der Waals surface area contributed by atoms with Gasteiger partial charge >= 0.3 is 0 Å². The molecule has 0 fully saturated rings. The third-order valence-electron chi connectivity index (χ3n) is 4.33. The number of thiazole rings is 2. The van der Waals surface area contributed by atoms with Gasteiger partial charge in [0.05, 0.1) is 5.69 Å². The highest BCUT2D eigenvalue weighted by Crippen LogP contribution is 2.39. The highest BCUT2D eigenvalue weighted by atomic mass is 32.1. The molecule has 7 heteroatoms. The standard InChI is InChI=1S/C21H21N5S2/c1-13-4-6-14(7-5-13)17-12-27-20(24-17)18-19(22)25-21(28-18)23-15-8-10-16(11-9-15)26(2)3/h4-12H,22H2,1-3H3,(H,23,25). The number of benzene rings is 2. The topological polar surface area (TPSA) is 67.1 Å². The molecular weight excluding hydrogens is 386 g/mol. The molecule has 0 unspecified atom stereocenters. The molecule has 0 radical (unpaired) electrons. The zero-order chi connectivity index (χ0) is 19.7. The van der Waals surface area contributed by atoms with Gasteiger partial charge in [0, 0.05) is 36.4 Å². The predicted molar refractivity (Wildman–Crippen MR) is 122 cm³/mol. The van der Waals surface area contributed by atoms with Gasteiger partial charge in [-0.15, -0.1) is 11.3 Å². The molecule has 0 bridgehead atoms. The first kappa shape index (κ1) is 18.5. The molecule has 0 aliphatic rings. The Kier molecular flexibility index (Phi) is 5.02. The fourth-order valence-electron chi connectivity index (χ4n) is 2.74. The minimum absolute atomic E-state index is 0.502. The van der Waals surface area contributed by atoms with Gasteiger partial charge in [0.2, 0.25) is 0 Å². The molecule has 5 nitrogen and oxygen atoms in total. The molecule has 28 heavy (non-hydrogen) atoms. The van der Waals surface area contributed by atoms with Gasteiger partial charge in [-0.05, 0) is 31.2 Å². The van der Waals surface area contributed by atoms with Crippen molar-refractivity contribution in [2.45, 2.75) is 6.92 Å². The van der Waals surface area contributed by atoms with Gasteiger partial charge in [-0.25, -0.2) is 9.97 Å². The smallest absolute Gasteiger partial charge is 0.189 e. The maximum absolute atomic E-state index is 6.18. The molecule has 0 atom stereocenters. The maximum atomic E-state index is 6.18. The number of aryl methyl sites for hydroxylation is 1. The van der Waals surface area contributed by atoms with Crippen LogP contribution in [-0.4, -0.2) is 24.1 Å². The van der Waals surface area contributed by atoms with Crippen LogP contribution in [0.5, 0.6) is 0 Å². The molecule has 2 aromatic heterocycles. The van der Waals surface area contributed by atoms with E-state index >= 15 is 0 Å². The van der Waals surface area contributed by atoms with Crippen LogP contribution in [0.4, 0.5) is 22.3 Å². The van der Waals surface area contributed by atoms with Crippen molar-refractivity contribution in [1.82, 2.24) is 9.97 Å². The van der Waals surface area contributed by atoms with Crippen LogP contribution >= 0.6 is 22.7 Å². The van der Waals surface area contributed by atoms with E-state index in [1.807, 2.05) is 26.2 Å². The zero-order valence-electron chi connectivity index (χ0n) is 15.9. The summed E-state index contributed by atoms with van der Waals surface area (Å²) in [6, 6.07) is 16.6. The SMILES string of the molecule is Cc1ccc(-c2csc(-c3sc(Nc4ccc(N(C)C)cc4)nc3N)n2)cc1. The van der Waals surface area contributed by atoms with Crippen molar-refractivity contribution in [2.24, 2.45) is 0 Å². The third-order valence-corrected chi connectivity index (χ3v) is 6.32. The number of hydrogen-bond acceptors (Lipinski definition) is 7. The summed E-state index contributed by atoms with van der Waals surface area (Å²) in [4.78, 5) is 12.2. The number of anilines is 4. The van der Waals surface area contributed by atoms with E-state index in [4.69, 9.17) is 10.7 Å². The lowest BCUT2D eigenvalue weighted by molar-refractivity contribution is 1.13. The van der Waals surface area contributed by atoms with E-state index in [9.17, 15) is 0 Å². The minimum atomic E-state index is 0.502. The quantitative estimate of drug-likeness (QED) is 0.448. The molecule has 3 N–H and O–H groups in total. The Hall–Kier alpha value is -2.90. The van der Waals surface area contributed by atoms with E-state index in [1.54, 1.807) is 11.3 Å². The van der Waals surface area contributed by atoms with Crippen molar-refractivity contribution in [3.63, 3.8) is 0 Å². The van der Waals surface area contributed by atoms with Crippen LogP contribution < -0.4 is 16.0 Å². The number of rotatable bonds is 5. The molecule has 2 aromatic carbocycles. The summed E-state index contributed by atoms with van der Waals surface area (Å²) in [5.41, 5.74) is 11.6. The molecule has 4 aromatic rings. The van der Waals surface area contributed by atoms with Gasteiger partial charge in [-0.1, -0.05) is 41.2 Å². The Labute approximate surface area is 172 Å². The molecule has 4 rings (SSSR count). The lowest BCUT2D eigenvalue weighted by atomic mass is 10.1. The Balaban J connectivity index is 1.55. The summed E-state index contributed by atoms with van der Waals surface area (Å²) in [6.07, 6.45) is 0. The lowest BCUT2D eigenvalue weighted by Gasteiger charge is -2.12. The second-order valence-electron chi connectivity index (χ2n) is 6.70. The molecule has 0 aliphatic carbocycles. The fraction of sp³-hybridized carbons (Fsp3) is 0.143. The fourth-order valence-corrected chi connectivity index (χ4v) is 4.57. The van der Waals surface area contributed by atoms with Gasteiger partial charge in [0.15, 0.2) is 5.13 Å². The number of nitrogens with zero attached hydrogens (tertiary/aromatic N) is 3. The Morgan fingerprint density at radius 2 is 1.68 bits per heavy atom. The number of nitrogen functional groups attached to an aromatic ring is 1. The normalized spacial score (nSPS) is 10.8. The predicted octanol–water partition coefficient (Wildman–Crippen LogP) is 5.63. The van der Waals surface area contributed by atoms with Crippen LogP contribution in [0, 0.1) is 6.92 Å². The van der Waals surface area contributed by atoms with E-state index in [-0.39, 0.29) is 0 Å². The van der Waals surface area contributed by atoms with Crippen molar-refractivity contribution in [3.05, 3.63) is 59.5 Å². The van der Waals surface area contributed by atoms with E-state index in [0.717, 1.165) is 37.6 Å². The highest BCUT2D eigenvalue weighted by molar-refractivity contribution is 7.23. The molecule has 0 saturated heterocycles. The summed E-state index contributed by atoms with van der Waals surface area (Å²) in [7, 11) is 4.05. The summed E-state index contributed by atoms with van der Waals surface area (Å²) in [6.45, 7) is 2.08. The van der Waals surface area contributed by atoms with Crippen molar-refractivity contribution >= 4 is 45.0 Å². The molecular formula is C21H21N5S2. The van der Waals surface area contributed by atoms with Crippen LogP contribution in [0.3, 0.4) is 0 Å². The van der Waals surface area contributed by atoms with Crippen LogP contribution in [0.1, 0.15) is 5.56 Å². The number of aromatic nitrogens is 2. The summed E-state index contributed by atoms with van der Waals surface area (Å²) in [5.74, 6) is 0.502. The Morgan fingerprint density at radius 3 is 2.36 bits per heavy atom. The molecule has 0 aliphatic heterocycles. The monoisotopic (exact) mass is 407 g/mol. The number of nitrogens with two attached hydrogens (primary N) is 1. The van der Waals surface area contributed by atoms with E-state index in [0.29, 0.717) is 5.82 Å². The molecule has 0 amide bonds. The van der Waals surface area contributed by atoms with Gasteiger partial charge < -0.3 is 16.0 Å². The molecule has 0 saturated carbocycles. The number of nitrogens with one attached hydrogen (secondary N) is 1. The van der Waals surface area contributed by atoms with Gasteiger partial charge in [-0.2, -0.15) is 0 Å². The van der Waals surface area contributed by atoms with Crippen LogP contribution in [0.15, 0.2) is 53.9 Å². The van der Waals surface area contributed by atoms with E-state index in [1.165, 1.54) is 16.9 Å². The zero-order valence-corrected chi connectivity index (χ0v) is 17.6. The Morgan fingerprint density at radius 1 is 0.964 bits per heavy atom. The first-order chi connectivity index (χ1) is 13.5. The van der Waals surface area contributed by atoms with Crippen molar-refractivity contribution in [1.29, 1.82) is 0 Å². The lowest BCUT2D eigenvalue weighted by Crippen LogP contribution is -2.08. The first-order valence-corrected chi connectivity index (χ1v) is 10.5. The highest BCUT2D eigenvalue weighted by Gasteiger charge is 2.15. The summed E-state index contributed by atoms with van der Waals surface area (Å²) >= 11 is 3.11. The summed E-state index contributed by atoms with van der Waals surface area (Å²) < 4.78 is 0. The van der Waals surface area contributed by atoms with Crippen LogP contribution in [0.25, 0.3) is 21.1 Å². The molecule has 2 heterocycles. The molecule has 0 spiro atoms. The van der Waals surface area contributed by atoms with Gasteiger partial charge in [0.25, 0.3) is 0 Å². The largest absolute Gasteiger partial charge is 0.382 e. The van der Waals surface area contributed by atoms with Crippen molar-refractivity contribution < 1.29 is 0 Å². The Bertz CT molecular complexity index is 1080. The summed E-state index contributed by atoms with van der Waals surface area (Å²) in [5, 5.41) is 7.04. The van der Waals surface area contributed by atoms with Crippen LogP contribution in [0.2, 0.25) is 0 Å². The average Bonchev–Trinajstić information content (AvgIpc) is 3.29. The van der Waals surface area contributed by atoms with Crippen LogP contribution in [-0.2, 0) is 0 Å². The van der Waals surface area contributed by atoms with Gasteiger partial charge in [0.1, 0.15) is 15.7 Å². The average molecular weight is 408 g/mol. The van der Waals surface area contributed by atoms with E-state index < -0.39 is 0 Å². The van der Waals surface area contributed by atoms with Crippen molar-refractivity contribution in [2.75, 3.05) is 30.0 Å². The van der Waals surface area contributed by atoms with Crippen molar-refractivity contribution in [3.8, 4) is 21.1 Å². The van der Waals surface area contributed by atoms with E-state index in [2.05, 4.69) is 63.9 Å². The second kappa shape index (κ2) is 7.61. The minimum Gasteiger partial charge on any atom is -0.382 e. The maximum Gasteiger partial charge on any atom is 0.189 e. The molecule has 142 valence electrons. The first-order valence-electron chi connectivity index (χ1n) is 8.83. The number of hydrogen-bond donors (Lipinski definition) is 2. The second-order valence-corrected chi connectivity index (χ2v) is 8.56. The van der Waals surface area contributed by atoms with Gasteiger partial charge in [-0.3, -0.25) is 0 Å². The third kappa shape index (κ3) is 3.85.